The van der Waals surface area contributed by atoms with Crippen LogP contribution in [0.2, 0.25) is 0 Å². The third kappa shape index (κ3) is 5.47. The number of pyridine rings is 1. The van der Waals surface area contributed by atoms with Crippen LogP contribution in [0.1, 0.15) is 38.5 Å². The highest BCUT2D eigenvalue weighted by Gasteiger charge is 2.37. The zero-order chi connectivity index (χ0) is 20.1. The summed E-state index contributed by atoms with van der Waals surface area (Å²) in [5.74, 6) is 0.943. The number of hydrogen-bond acceptors (Lipinski definition) is 5. The molecule has 0 radical (unpaired) electrons. The topological polar surface area (TPSA) is 77.6 Å². The van der Waals surface area contributed by atoms with E-state index in [2.05, 4.69) is 25.4 Å². The maximum Gasteiger partial charge on any atom is 0.225 e. The Labute approximate surface area is 173 Å². The minimum atomic E-state index is 0.0771. The standard InChI is InChI=1S/C22H33N5O2/c28-21(25-11-10-24-19-4-1-9-23-15-19)18-3-2-12-27(16-18)20-7-13-26(14-8-20)22(29)17-5-6-17/h1,4,9,15,17-18,20,24H,2-3,5-8,10-14,16H2,(H,25,28). The van der Waals surface area contributed by atoms with Crippen molar-refractivity contribution in [2.45, 2.75) is 44.6 Å². The minimum absolute atomic E-state index is 0.0771. The highest BCUT2D eigenvalue weighted by atomic mass is 16.2. The van der Waals surface area contributed by atoms with Gasteiger partial charge >= 0.3 is 0 Å². The fraction of sp³-hybridized carbons (Fsp3) is 0.682. The third-order valence-corrected chi connectivity index (χ3v) is 6.46. The van der Waals surface area contributed by atoms with Gasteiger partial charge in [-0.15, -0.1) is 0 Å². The van der Waals surface area contributed by atoms with Gasteiger partial charge in [-0.2, -0.15) is 0 Å². The smallest absolute Gasteiger partial charge is 0.225 e. The van der Waals surface area contributed by atoms with E-state index in [1.807, 2.05) is 12.1 Å². The van der Waals surface area contributed by atoms with Crippen LogP contribution in [0.15, 0.2) is 24.5 Å². The summed E-state index contributed by atoms with van der Waals surface area (Å²) in [5, 5.41) is 6.36. The molecule has 3 aliphatic rings. The van der Waals surface area contributed by atoms with Gasteiger partial charge in [-0.05, 0) is 57.2 Å². The lowest BCUT2D eigenvalue weighted by Gasteiger charge is -2.42. The highest BCUT2D eigenvalue weighted by Crippen LogP contribution is 2.32. The Morgan fingerprint density at radius 2 is 1.86 bits per heavy atom. The van der Waals surface area contributed by atoms with Crippen LogP contribution in [0.5, 0.6) is 0 Å². The second-order valence-corrected chi connectivity index (χ2v) is 8.62. The quantitative estimate of drug-likeness (QED) is 0.683. The number of rotatable bonds is 7. The van der Waals surface area contributed by atoms with Crippen molar-refractivity contribution < 1.29 is 9.59 Å². The Kier molecular flexibility index (Phi) is 6.64. The molecule has 1 aliphatic carbocycles. The van der Waals surface area contributed by atoms with E-state index in [0.29, 0.717) is 31.0 Å². The van der Waals surface area contributed by atoms with Gasteiger partial charge in [-0.3, -0.25) is 19.5 Å². The second-order valence-electron chi connectivity index (χ2n) is 8.62. The van der Waals surface area contributed by atoms with Crippen molar-refractivity contribution in [3.8, 4) is 0 Å². The van der Waals surface area contributed by atoms with E-state index in [1.54, 1.807) is 12.4 Å². The summed E-state index contributed by atoms with van der Waals surface area (Å²) in [5.41, 5.74) is 0.970. The number of piperidine rings is 2. The van der Waals surface area contributed by atoms with Gasteiger partial charge in [0.15, 0.2) is 0 Å². The lowest BCUT2D eigenvalue weighted by Crippen LogP contribution is -2.51. The maximum atomic E-state index is 12.6. The molecule has 2 amide bonds. The van der Waals surface area contributed by atoms with Gasteiger partial charge in [0, 0.05) is 57.1 Å². The first-order valence-corrected chi connectivity index (χ1v) is 11.1. The van der Waals surface area contributed by atoms with Crippen molar-refractivity contribution in [3.63, 3.8) is 0 Å². The van der Waals surface area contributed by atoms with Crippen LogP contribution in [-0.2, 0) is 9.59 Å². The number of anilines is 1. The molecular weight excluding hydrogens is 366 g/mol. The van der Waals surface area contributed by atoms with Crippen LogP contribution in [0.4, 0.5) is 5.69 Å². The molecule has 1 atom stereocenters. The number of carbonyl (C=O) groups is 2. The molecule has 29 heavy (non-hydrogen) atoms. The van der Waals surface area contributed by atoms with Crippen molar-refractivity contribution in [1.29, 1.82) is 0 Å². The Morgan fingerprint density at radius 1 is 1.03 bits per heavy atom. The molecule has 0 spiro atoms. The zero-order valence-corrected chi connectivity index (χ0v) is 17.2. The van der Waals surface area contributed by atoms with Gasteiger partial charge in [0.2, 0.25) is 11.8 Å². The Bertz CT molecular complexity index is 686. The first-order chi connectivity index (χ1) is 14.2. The summed E-state index contributed by atoms with van der Waals surface area (Å²) in [6.45, 7) is 5.00. The fourth-order valence-corrected chi connectivity index (χ4v) is 4.60. The molecule has 0 bridgehead atoms. The van der Waals surface area contributed by atoms with E-state index in [1.165, 1.54) is 0 Å². The van der Waals surface area contributed by atoms with Crippen molar-refractivity contribution >= 4 is 17.5 Å². The number of hydrogen-bond donors (Lipinski definition) is 2. The average Bonchev–Trinajstić information content (AvgIpc) is 3.62. The summed E-state index contributed by atoms with van der Waals surface area (Å²) in [6, 6.07) is 4.38. The first-order valence-electron chi connectivity index (χ1n) is 11.1. The van der Waals surface area contributed by atoms with Crippen molar-refractivity contribution in [3.05, 3.63) is 24.5 Å². The summed E-state index contributed by atoms with van der Waals surface area (Å²) in [4.78, 5) is 33.5. The molecule has 7 heteroatoms. The molecule has 1 saturated carbocycles. The van der Waals surface area contributed by atoms with E-state index < -0.39 is 0 Å². The van der Waals surface area contributed by atoms with Crippen molar-refractivity contribution in [2.24, 2.45) is 11.8 Å². The van der Waals surface area contributed by atoms with Crippen LogP contribution >= 0.6 is 0 Å². The predicted octanol–water partition coefficient (Wildman–Crippen LogP) is 1.72. The van der Waals surface area contributed by atoms with Crippen LogP contribution in [0.3, 0.4) is 0 Å². The minimum Gasteiger partial charge on any atom is -0.382 e. The van der Waals surface area contributed by atoms with Crippen molar-refractivity contribution in [1.82, 2.24) is 20.1 Å². The number of nitrogens with zero attached hydrogens (tertiary/aromatic N) is 3. The molecule has 4 rings (SSSR count). The monoisotopic (exact) mass is 399 g/mol. The Morgan fingerprint density at radius 3 is 2.59 bits per heavy atom. The summed E-state index contributed by atoms with van der Waals surface area (Å²) in [6.07, 6.45) is 9.83. The van der Waals surface area contributed by atoms with E-state index in [-0.39, 0.29) is 11.8 Å². The lowest BCUT2D eigenvalue weighted by molar-refractivity contribution is -0.134. The summed E-state index contributed by atoms with van der Waals surface area (Å²) < 4.78 is 0. The van der Waals surface area contributed by atoms with Gasteiger partial charge in [-0.1, -0.05) is 0 Å². The average molecular weight is 400 g/mol. The maximum absolute atomic E-state index is 12.6. The molecule has 1 unspecified atom stereocenters. The highest BCUT2D eigenvalue weighted by molar-refractivity contribution is 5.81. The number of amides is 2. The number of carbonyl (C=O) groups excluding carboxylic acids is 2. The molecule has 158 valence electrons. The predicted molar refractivity (Wildman–Crippen MR) is 112 cm³/mol. The number of aromatic nitrogens is 1. The van der Waals surface area contributed by atoms with Gasteiger partial charge < -0.3 is 15.5 Å². The van der Waals surface area contributed by atoms with Gasteiger partial charge in [-0.25, -0.2) is 0 Å². The molecule has 1 aromatic heterocycles. The van der Waals surface area contributed by atoms with Crippen LogP contribution in [0, 0.1) is 11.8 Å². The summed E-state index contributed by atoms with van der Waals surface area (Å²) in [7, 11) is 0. The molecule has 7 nitrogen and oxygen atoms in total. The van der Waals surface area contributed by atoms with Crippen LogP contribution in [-0.4, -0.2) is 71.9 Å². The number of likely N-dealkylation sites (tertiary alicyclic amines) is 2. The molecular formula is C22H33N5O2. The fourth-order valence-electron chi connectivity index (χ4n) is 4.60. The zero-order valence-electron chi connectivity index (χ0n) is 17.2. The van der Waals surface area contributed by atoms with Crippen molar-refractivity contribution in [2.75, 3.05) is 44.6 Å². The van der Waals surface area contributed by atoms with Crippen LogP contribution < -0.4 is 10.6 Å². The number of nitrogens with one attached hydrogen (secondary N) is 2. The van der Waals surface area contributed by atoms with Gasteiger partial charge in [0.05, 0.1) is 11.6 Å². The van der Waals surface area contributed by atoms with Gasteiger partial charge in [0.1, 0.15) is 0 Å². The van der Waals surface area contributed by atoms with E-state index in [9.17, 15) is 9.59 Å². The Balaban J connectivity index is 1.17. The van der Waals surface area contributed by atoms with E-state index in [4.69, 9.17) is 0 Å². The molecule has 3 heterocycles. The largest absolute Gasteiger partial charge is 0.382 e. The van der Waals surface area contributed by atoms with E-state index >= 15 is 0 Å². The van der Waals surface area contributed by atoms with Gasteiger partial charge in [0.25, 0.3) is 0 Å². The normalized spacial score (nSPS) is 23.6. The first kappa shape index (κ1) is 20.1. The molecule has 0 aromatic carbocycles. The second kappa shape index (κ2) is 9.57. The third-order valence-electron chi connectivity index (χ3n) is 6.46. The lowest BCUT2D eigenvalue weighted by atomic mass is 9.93. The molecule has 2 aliphatic heterocycles. The van der Waals surface area contributed by atoms with E-state index in [0.717, 1.165) is 70.4 Å². The molecule has 2 N–H and O–H groups in total. The SMILES string of the molecule is O=C(NCCNc1cccnc1)C1CCCN(C2CCN(C(=O)C3CC3)CC2)C1. The molecule has 3 fully saturated rings. The van der Waals surface area contributed by atoms with Crippen LogP contribution in [0.25, 0.3) is 0 Å². The Hall–Kier alpha value is -2.15. The molecule has 1 aromatic rings. The summed E-state index contributed by atoms with van der Waals surface area (Å²) >= 11 is 0. The molecule has 2 saturated heterocycles.